The Hall–Kier alpha value is -0.760. The summed E-state index contributed by atoms with van der Waals surface area (Å²) in [6.07, 6.45) is 8.86. The number of furan rings is 1. The molecule has 0 aliphatic heterocycles. The summed E-state index contributed by atoms with van der Waals surface area (Å²) in [5.41, 5.74) is 1.80. The van der Waals surface area contributed by atoms with Crippen LogP contribution in [0.15, 0.2) is 23.0 Å². The molecule has 2 heteroatoms. The minimum atomic E-state index is 0.483. The van der Waals surface area contributed by atoms with Crippen molar-refractivity contribution < 1.29 is 4.42 Å². The molecule has 1 fully saturated rings. The fourth-order valence-corrected chi connectivity index (χ4v) is 3.38. The summed E-state index contributed by atoms with van der Waals surface area (Å²) in [5.74, 6) is 0.789. The lowest BCUT2D eigenvalue weighted by molar-refractivity contribution is 0.197. The van der Waals surface area contributed by atoms with Gasteiger partial charge in [-0.15, -0.1) is 0 Å². The number of nitrogens with one attached hydrogen (secondary N) is 1. The van der Waals surface area contributed by atoms with Gasteiger partial charge in [-0.25, -0.2) is 0 Å². The van der Waals surface area contributed by atoms with E-state index < -0.39 is 0 Å². The zero-order valence-corrected chi connectivity index (χ0v) is 11.3. The van der Waals surface area contributed by atoms with Crippen molar-refractivity contribution in [3.63, 3.8) is 0 Å². The van der Waals surface area contributed by atoms with Crippen LogP contribution in [0.25, 0.3) is 0 Å². The zero-order chi connectivity index (χ0) is 12.3. The van der Waals surface area contributed by atoms with Crippen LogP contribution in [0.2, 0.25) is 0 Å². The summed E-state index contributed by atoms with van der Waals surface area (Å²) >= 11 is 0. The lowest BCUT2D eigenvalue weighted by Gasteiger charge is -2.34. The summed E-state index contributed by atoms with van der Waals surface area (Å²) in [7, 11) is 0. The molecule has 17 heavy (non-hydrogen) atoms. The molecule has 0 spiro atoms. The number of likely N-dealkylation sites (N-methyl/N-ethyl adjacent to an activating group) is 1. The molecule has 2 atom stereocenters. The molecule has 0 bridgehead atoms. The molecule has 1 heterocycles. The highest BCUT2D eigenvalue weighted by molar-refractivity contribution is 5.09. The normalized spacial score (nSPS) is 25.0. The van der Waals surface area contributed by atoms with Crippen molar-refractivity contribution in [2.45, 2.75) is 52.5 Å². The first-order valence-corrected chi connectivity index (χ1v) is 6.88. The average molecular weight is 235 g/mol. The lowest BCUT2D eigenvalue weighted by atomic mass is 9.76. The fourth-order valence-electron chi connectivity index (χ4n) is 3.38. The summed E-state index contributed by atoms with van der Waals surface area (Å²) in [6, 6.07) is 2.68. The second-order valence-corrected chi connectivity index (χ2v) is 5.99. The van der Waals surface area contributed by atoms with Crippen LogP contribution in [-0.4, -0.2) is 12.6 Å². The monoisotopic (exact) mass is 235 g/mol. The summed E-state index contributed by atoms with van der Waals surface area (Å²) in [6.45, 7) is 8.09. The Bertz CT molecular complexity index is 329. The van der Waals surface area contributed by atoms with Gasteiger partial charge >= 0.3 is 0 Å². The standard InChI is InChI=1S/C15H25NO/c1-4-16-14(10-12-7-9-17-11-12)13-6-5-8-15(13,2)3/h7,9,11,13-14,16H,4-6,8,10H2,1-3H3. The molecule has 0 radical (unpaired) electrons. The smallest absolute Gasteiger partial charge is 0.0935 e. The van der Waals surface area contributed by atoms with E-state index in [-0.39, 0.29) is 0 Å². The van der Waals surface area contributed by atoms with Crippen molar-refractivity contribution in [2.75, 3.05) is 6.54 Å². The lowest BCUT2D eigenvalue weighted by Crippen LogP contribution is -2.42. The molecule has 0 aromatic carbocycles. The molecule has 0 saturated heterocycles. The van der Waals surface area contributed by atoms with Gasteiger partial charge in [-0.05, 0) is 48.8 Å². The van der Waals surface area contributed by atoms with Gasteiger partial charge in [-0.2, -0.15) is 0 Å². The third-order valence-electron chi connectivity index (χ3n) is 4.33. The third-order valence-corrected chi connectivity index (χ3v) is 4.33. The molecular weight excluding hydrogens is 210 g/mol. The van der Waals surface area contributed by atoms with Gasteiger partial charge in [0.15, 0.2) is 0 Å². The van der Waals surface area contributed by atoms with E-state index in [1.165, 1.54) is 24.8 Å². The van der Waals surface area contributed by atoms with Gasteiger partial charge in [0.05, 0.1) is 12.5 Å². The van der Waals surface area contributed by atoms with E-state index in [1.807, 2.05) is 6.26 Å². The van der Waals surface area contributed by atoms with E-state index in [9.17, 15) is 0 Å². The first kappa shape index (κ1) is 12.7. The predicted octanol–water partition coefficient (Wildman–Crippen LogP) is 3.63. The SMILES string of the molecule is CCNC(Cc1ccoc1)C1CCCC1(C)C. The maximum atomic E-state index is 5.18. The van der Waals surface area contributed by atoms with Crippen LogP contribution < -0.4 is 5.32 Å². The largest absolute Gasteiger partial charge is 0.472 e. The molecule has 1 aliphatic carbocycles. The van der Waals surface area contributed by atoms with Gasteiger partial charge in [-0.1, -0.05) is 27.2 Å². The van der Waals surface area contributed by atoms with Gasteiger partial charge in [0.1, 0.15) is 0 Å². The van der Waals surface area contributed by atoms with E-state index in [1.54, 1.807) is 6.26 Å². The summed E-state index contributed by atoms with van der Waals surface area (Å²) < 4.78 is 5.18. The molecule has 2 nitrogen and oxygen atoms in total. The van der Waals surface area contributed by atoms with Crippen molar-refractivity contribution in [3.05, 3.63) is 24.2 Å². The number of hydrogen-bond acceptors (Lipinski definition) is 2. The molecule has 1 aromatic rings. The second kappa shape index (κ2) is 5.26. The summed E-state index contributed by atoms with van der Waals surface area (Å²) in [4.78, 5) is 0. The predicted molar refractivity (Wildman–Crippen MR) is 71.0 cm³/mol. The second-order valence-electron chi connectivity index (χ2n) is 5.99. The van der Waals surface area contributed by atoms with Gasteiger partial charge in [-0.3, -0.25) is 0 Å². The molecule has 1 saturated carbocycles. The number of hydrogen-bond donors (Lipinski definition) is 1. The number of rotatable bonds is 5. The van der Waals surface area contributed by atoms with Gasteiger partial charge in [0.25, 0.3) is 0 Å². The van der Waals surface area contributed by atoms with E-state index in [0.29, 0.717) is 11.5 Å². The minimum absolute atomic E-state index is 0.483. The highest BCUT2D eigenvalue weighted by atomic mass is 16.3. The van der Waals surface area contributed by atoms with Crippen LogP contribution in [0.3, 0.4) is 0 Å². The highest BCUT2D eigenvalue weighted by Gasteiger charge is 2.39. The molecule has 96 valence electrons. The average Bonchev–Trinajstić information content (AvgIpc) is 2.86. The Balaban J connectivity index is 2.06. The maximum Gasteiger partial charge on any atom is 0.0935 e. The van der Waals surface area contributed by atoms with Crippen LogP contribution >= 0.6 is 0 Å². The molecule has 2 unspecified atom stereocenters. The maximum absolute atomic E-state index is 5.18. The van der Waals surface area contributed by atoms with E-state index in [4.69, 9.17) is 4.42 Å². The topological polar surface area (TPSA) is 25.2 Å². The van der Waals surface area contributed by atoms with Crippen molar-refractivity contribution >= 4 is 0 Å². The van der Waals surface area contributed by atoms with Crippen LogP contribution in [0.4, 0.5) is 0 Å². The van der Waals surface area contributed by atoms with Crippen LogP contribution in [0.1, 0.15) is 45.6 Å². The molecule has 1 aromatic heterocycles. The Kier molecular flexibility index (Phi) is 3.93. The first-order valence-electron chi connectivity index (χ1n) is 6.88. The van der Waals surface area contributed by atoms with Crippen LogP contribution in [-0.2, 0) is 6.42 Å². The van der Waals surface area contributed by atoms with E-state index in [0.717, 1.165) is 18.9 Å². The molecule has 1 N–H and O–H groups in total. The zero-order valence-electron chi connectivity index (χ0n) is 11.3. The minimum Gasteiger partial charge on any atom is -0.472 e. The van der Waals surface area contributed by atoms with Crippen LogP contribution in [0, 0.1) is 11.3 Å². The van der Waals surface area contributed by atoms with E-state index in [2.05, 4.69) is 32.2 Å². The Morgan fingerprint density at radius 1 is 1.53 bits per heavy atom. The molecule has 0 amide bonds. The van der Waals surface area contributed by atoms with Crippen molar-refractivity contribution in [2.24, 2.45) is 11.3 Å². The molecular formula is C15H25NO. The highest BCUT2D eigenvalue weighted by Crippen LogP contribution is 2.44. The Morgan fingerprint density at radius 3 is 2.88 bits per heavy atom. The van der Waals surface area contributed by atoms with Gasteiger partial charge in [0, 0.05) is 6.04 Å². The Labute approximate surface area is 105 Å². The molecule has 1 aliphatic rings. The first-order chi connectivity index (χ1) is 8.13. The Morgan fingerprint density at radius 2 is 2.35 bits per heavy atom. The van der Waals surface area contributed by atoms with Crippen molar-refractivity contribution in [1.82, 2.24) is 5.32 Å². The fraction of sp³-hybridized carbons (Fsp3) is 0.733. The van der Waals surface area contributed by atoms with Gasteiger partial charge in [0.2, 0.25) is 0 Å². The van der Waals surface area contributed by atoms with E-state index >= 15 is 0 Å². The van der Waals surface area contributed by atoms with Crippen molar-refractivity contribution in [3.8, 4) is 0 Å². The quantitative estimate of drug-likeness (QED) is 0.843. The van der Waals surface area contributed by atoms with Gasteiger partial charge < -0.3 is 9.73 Å². The van der Waals surface area contributed by atoms with Crippen molar-refractivity contribution in [1.29, 1.82) is 0 Å². The summed E-state index contributed by atoms with van der Waals surface area (Å²) in [5, 5.41) is 3.68. The molecule has 2 rings (SSSR count). The third kappa shape index (κ3) is 2.92. The van der Waals surface area contributed by atoms with Crippen LogP contribution in [0.5, 0.6) is 0 Å².